The molecule has 0 rings (SSSR count). The van der Waals surface area contributed by atoms with Gasteiger partial charge in [0.1, 0.15) is 6.23 Å². The second-order valence-corrected chi connectivity index (χ2v) is 4.84. The molecular weight excluding hydrogens is 234 g/mol. The minimum Gasteiger partial charge on any atom is -0.378 e. The summed E-state index contributed by atoms with van der Waals surface area (Å²) in [5, 5.41) is 9.55. The highest BCUT2D eigenvalue weighted by Gasteiger charge is 2.06. The Labute approximate surface area is 114 Å². The highest BCUT2D eigenvalue weighted by Crippen LogP contribution is 2.09. The van der Waals surface area contributed by atoms with Gasteiger partial charge >= 0.3 is 0 Å². The van der Waals surface area contributed by atoms with Crippen molar-refractivity contribution in [3.8, 4) is 0 Å². The number of aliphatic hydroxyl groups excluding tert-OH is 1. The van der Waals surface area contributed by atoms with E-state index < -0.39 is 0 Å². The highest BCUT2D eigenvalue weighted by atomic mass is 35.5. The number of unbranched alkanes of at least 4 members (excludes halogenated alkanes) is 7. The van der Waals surface area contributed by atoms with Crippen LogP contribution in [0.2, 0.25) is 0 Å². The lowest BCUT2D eigenvalue weighted by Crippen LogP contribution is -2.31. The Kier molecular flexibility index (Phi) is 16.4. The maximum absolute atomic E-state index is 9.55. The summed E-state index contributed by atoms with van der Waals surface area (Å²) in [7, 11) is 2.01. The van der Waals surface area contributed by atoms with E-state index in [1.807, 2.05) is 14.0 Å². The van der Waals surface area contributed by atoms with E-state index in [1.165, 1.54) is 51.4 Å². The lowest BCUT2D eigenvalue weighted by molar-refractivity contribution is 0.0187. The zero-order chi connectivity index (χ0) is 12.2. The van der Waals surface area contributed by atoms with Crippen LogP contribution in [0, 0.1) is 0 Å². The number of hydrogen-bond donors (Lipinski definition) is 1. The van der Waals surface area contributed by atoms with Crippen LogP contribution in [-0.2, 0) is 0 Å². The SMILES string of the molecule is CCCCCCCCCCN(C)C(O)CC.Cl. The summed E-state index contributed by atoms with van der Waals surface area (Å²) >= 11 is 0. The van der Waals surface area contributed by atoms with Crippen molar-refractivity contribution in [3.05, 3.63) is 0 Å². The lowest BCUT2D eigenvalue weighted by Gasteiger charge is -2.21. The molecular formula is C14H32ClNO. The number of rotatable bonds is 11. The van der Waals surface area contributed by atoms with Crippen LogP contribution >= 0.6 is 12.4 Å². The maximum atomic E-state index is 9.55. The first-order valence-electron chi connectivity index (χ1n) is 7.10. The van der Waals surface area contributed by atoms with Crippen LogP contribution < -0.4 is 0 Å². The number of nitrogens with zero attached hydrogens (tertiary/aromatic N) is 1. The molecule has 0 radical (unpaired) electrons. The summed E-state index contributed by atoms with van der Waals surface area (Å²) in [6.07, 6.45) is 11.4. The van der Waals surface area contributed by atoms with E-state index in [0.29, 0.717) is 0 Å². The highest BCUT2D eigenvalue weighted by molar-refractivity contribution is 5.85. The van der Waals surface area contributed by atoms with Gasteiger partial charge in [0.15, 0.2) is 0 Å². The van der Waals surface area contributed by atoms with Crippen molar-refractivity contribution in [2.24, 2.45) is 0 Å². The maximum Gasteiger partial charge on any atom is 0.106 e. The molecule has 106 valence electrons. The van der Waals surface area contributed by atoms with Gasteiger partial charge in [0.05, 0.1) is 0 Å². The third-order valence-electron chi connectivity index (χ3n) is 3.24. The van der Waals surface area contributed by atoms with Crippen molar-refractivity contribution in [1.82, 2.24) is 4.90 Å². The molecule has 0 aromatic rings. The molecule has 0 amide bonds. The fourth-order valence-electron chi connectivity index (χ4n) is 1.96. The predicted octanol–water partition coefficient (Wildman–Crippen LogP) is 4.21. The van der Waals surface area contributed by atoms with Gasteiger partial charge in [-0.15, -0.1) is 12.4 Å². The van der Waals surface area contributed by atoms with Gasteiger partial charge in [-0.25, -0.2) is 0 Å². The van der Waals surface area contributed by atoms with E-state index >= 15 is 0 Å². The average Bonchev–Trinajstić information content (AvgIpc) is 2.31. The Bertz CT molecular complexity index is 144. The first kappa shape index (κ1) is 19.5. The van der Waals surface area contributed by atoms with E-state index in [2.05, 4.69) is 11.8 Å². The molecule has 0 heterocycles. The van der Waals surface area contributed by atoms with Crippen LogP contribution in [0.4, 0.5) is 0 Å². The summed E-state index contributed by atoms with van der Waals surface area (Å²) in [6.45, 7) is 5.31. The van der Waals surface area contributed by atoms with Crippen molar-refractivity contribution in [2.45, 2.75) is 77.9 Å². The zero-order valence-corrected chi connectivity index (χ0v) is 12.8. The van der Waals surface area contributed by atoms with Gasteiger partial charge in [0, 0.05) is 6.54 Å². The van der Waals surface area contributed by atoms with Gasteiger partial charge in [-0.1, -0.05) is 58.8 Å². The van der Waals surface area contributed by atoms with E-state index in [-0.39, 0.29) is 18.6 Å². The largest absolute Gasteiger partial charge is 0.378 e. The second-order valence-electron chi connectivity index (χ2n) is 4.84. The lowest BCUT2D eigenvalue weighted by atomic mass is 10.1. The standard InChI is InChI=1S/C14H31NO.ClH/c1-4-6-7-8-9-10-11-12-13-15(3)14(16)5-2;/h14,16H,4-13H2,1-3H3;1H. The van der Waals surface area contributed by atoms with Crippen LogP contribution in [0.5, 0.6) is 0 Å². The summed E-state index contributed by atoms with van der Waals surface area (Å²) < 4.78 is 0. The smallest absolute Gasteiger partial charge is 0.106 e. The van der Waals surface area contributed by atoms with Crippen molar-refractivity contribution < 1.29 is 5.11 Å². The average molecular weight is 266 g/mol. The van der Waals surface area contributed by atoms with Crippen LogP contribution in [0.1, 0.15) is 71.6 Å². The van der Waals surface area contributed by atoms with E-state index in [1.54, 1.807) is 0 Å². The van der Waals surface area contributed by atoms with E-state index in [4.69, 9.17) is 0 Å². The van der Waals surface area contributed by atoms with Gasteiger partial charge < -0.3 is 5.11 Å². The molecule has 1 unspecified atom stereocenters. The Hall–Kier alpha value is 0.210. The molecule has 0 aromatic carbocycles. The third-order valence-corrected chi connectivity index (χ3v) is 3.24. The summed E-state index contributed by atoms with van der Waals surface area (Å²) in [6, 6.07) is 0. The fraction of sp³-hybridized carbons (Fsp3) is 1.00. The van der Waals surface area contributed by atoms with Crippen molar-refractivity contribution in [1.29, 1.82) is 0 Å². The Balaban J connectivity index is 0. The monoisotopic (exact) mass is 265 g/mol. The van der Waals surface area contributed by atoms with Gasteiger partial charge in [-0.3, -0.25) is 4.90 Å². The molecule has 1 N–H and O–H groups in total. The Morgan fingerprint density at radius 3 is 1.82 bits per heavy atom. The second kappa shape index (κ2) is 14.3. The van der Waals surface area contributed by atoms with Crippen LogP contribution in [0.15, 0.2) is 0 Å². The number of halogens is 1. The zero-order valence-electron chi connectivity index (χ0n) is 12.0. The molecule has 0 aliphatic carbocycles. The van der Waals surface area contributed by atoms with E-state index in [0.717, 1.165) is 13.0 Å². The first-order chi connectivity index (χ1) is 7.72. The van der Waals surface area contributed by atoms with Gasteiger partial charge in [-0.05, 0) is 19.9 Å². The molecule has 0 aromatic heterocycles. The van der Waals surface area contributed by atoms with Crippen molar-refractivity contribution >= 4 is 12.4 Å². The first-order valence-corrected chi connectivity index (χ1v) is 7.10. The van der Waals surface area contributed by atoms with Crippen molar-refractivity contribution in [3.63, 3.8) is 0 Å². The van der Waals surface area contributed by atoms with Crippen LogP contribution in [0.3, 0.4) is 0 Å². The molecule has 17 heavy (non-hydrogen) atoms. The molecule has 0 fully saturated rings. The fourth-order valence-corrected chi connectivity index (χ4v) is 1.96. The van der Waals surface area contributed by atoms with Gasteiger partial charge in [0.2, 0.25) is 0 Å². The molecule has 0 aliphatic rings. The number of aliphatic hydroxyl groups is 1. The summed E-state index contributed by atoms with van der Waals surface area (Å²) in [5.41, 5.74) is 0. The molecule has 0 saturated heterocycles. The van der Waals surface area contributed by atoms with Gasteiger partial charge in [-0.2, -0.15) is 0 Å². The molecule has 2 nitrogen and oxygen atoms in total. The topological polar surface area (TPSA) is 23.5 Å². The predicted molar refractivity (Wildman–Crippen MR) is 78.8 cm³/mol. The Morgan fingerprint density at radius 2 is 1.35 bits per heavy atom. The van der Waals surface area contributed by atoms with E-state index in [9.17, 15) is 5.11 Å². The molecule has 0 saturated carbocycles. The third kappa shape index (κ3) is 12.5. The summed E-state index contributed by atoms with van der Waals surface area (Å²) in [5.74, 6) is 0. The molecule has 0 bridgehead atoms. The van der Waals surface area contributed by atoms with Gasteiger partial charge in [0.25, 0.3) is 0 Å². The molecule has 0 aliphatic heterocycles. The Morgan fingerprint density at radius 1 is 0.882 bits per heavy atom. The molecule has 3 heteroatoms. The van der Waals surface area contributed by atoms with Crippen LogP contribution in [0.25, 0.3) is 0 Å². The van der Waals surface area contributed by atoms with Crippen molar-refractivity contribution in [2.75, 3.05) is 13.6 Å². The minimum absolute atomic E-state index is 0. The normalized spacial score (nSPS) is 12.5. The van der Waals surface area contributed by atoms with Crippen LogP contribution in [-0.4, -0.2) is 29.8 Å². The quantitative estimate of drug-likeness (QED) is 0.447. The summed E-state index contributed by atoms with van der Waals surface area (Å²) in [4.78, 5) is 2.05. The minimum atomic E-state index is -0.246. The molecule has 1 atom stereocenters. The molecule has 0 spiro atoms. The number of hydrogen-bond acceptors (Lipinski definition) is 2.